The number of halogens is 1. The average molecular weight is 601 g/mol. The second-order valence-electron chi connectivity index (χ2n) is 8.30. The van der Waals surface area contributed by atoms with Crippen molar-refractivity contribution in [3.05, 3.63) is 81.0 Å². The van der Waals surface area contributed by atoms with E-state index in [4.69, 9.17) is 25.5 Å². The Bertz CT molecular complexity index is 1520. The van der Waals surface area contributed by atoms with E-state index in [1.807, 2.05) is 13.0 Å². The van der Waals surface area contributed by atoms with E-state index in [1.165, 1.54) is 0 Å². The molecule has 0 bridgehead atoms. The molecule has 0 aliphatic heterocycles. The molecule has 13 heteroatoms. The molecule has 0 saturated carbocycles. The van der Waals surface area contributed by atoms with Gasteiger partial charge in [0.25, 0.3) is 17.0 Å². The number of nitrogens with one attached hydrogen (secondary N) is 2. The van der Waals surface area contributed by atoms with Gasteiger partial charge >= 0.3 is 5.97 Å². The quantitative estimate of drug-likeness (QED) is 0.154. The van der Waals surface area contributed by atoms with E-state index >= 15 is 0 Å². The van der Waals surface area contributed by atoms with Crippen LogP contribution in [-0.4, -0.2) is 40.3 Å². The van der Waals surface area contributed by atoms with E-state index in [9.17, 15) is 14.4 Å². The average Bonchev–Trinajstić information content (AvgIpc) is 3.51. The Hall–Kier alpha value is -3.87. The number of hydrogen-bond donors (Lipinski definition) is 2. The minimum absolute atomic E-state index is 0.0488. The Morgan fingerprint density at radius 1 is 1.07 bits per heavy atom. The molecule has 4 aromatic rings. The van der Waals surface area contributed by atoms with Gasteiger partial charge in [-0.3, -0.25) is 9.59 Å². The summed E-state index contributed by atoms with van der Waals surface area (Å²) in [5, 5.41) is 14.4. The van der Waals surface area contributed by atoms with Gasteiger partial charge in [-0.15, -0.1) is 21.5 Å². The van der Waals surface area contributed by atoms with Crippen LogP contribution in [0.2, 0.25) is 5.02 Å². The van der Waals surface area contributed by atoms with Gasteiger partial charge in [-0.2, -0.15) is 0 Å². The molecule has 0 saturated heterocycles. The van der Waals surface area contributed by atoms with Crippen LogP contribution in [0.4, 0.5) is 10.7 Å². The van der Waals surface area contributed by atoms with Crippen LogP contribution >= 0.6 is 34.7 Å². The normalized spacial score (nSPS) is 10.7. The van der Waals surface area contributed by atoms with Crippen LogP contribution in [0.25, 0.3) is 0 Å². The molecule has 2 aromatic carbocycles. The topological polar surface area (TPSA) is 133 Å². The zero-order chi connectivity index (χ0) is 28.6. The Morgan fingerprint density at radius 3 is 2.58 bits per heavy atom. The van der Waals surface area contributed by atoms with Gasteiger partial charge in [0.05, 0.1) is 17.9 Å². The van der Waals surface area contributed by atoms with Gasteiger partial charge in [-0.1, -0.05) is 41.6 Å². The molecule has 0 unspecified atom stereocenters. The maximum absolute atomic E-state index is 13.2. The molecule has 2 heterocycles. The fraction of sp³-hybridized carbons (Fsp3) is 0.222. The zero-order valence-electron chi connectivity index (χ0n) is 21.8. The molecule has 0 aliphatic rings. The van der Waals surface area contributed by atoms with Crippen LogP contribution in [0.15, 0.2) is 58.2 Å². The van der Waals surface area contributed by atoms with Crippen molar-refractivity contribution in [3.63, 3.8) is 0 Å². The van der Waals surface area contributed by atoms with Gasteiger partial charge < -0.3 is 24.5 Å². The third kappa shape index (κ3) is 7.40. The van der Waals surface area contributed by atoms with Crippen molar-refractivity contribution < 1.29 is 28.3 Å². The monoisotopic (exact) mass is 600 g/mol. The van der Waals surface area contributed by atoms with Crippen molar-refractivity contribution in [1.29, 1.82) is 0 Å². The summed E-state index contributed by atoms with van der Waals surface area (Å²) in [6, 6.07) is 14.1. The highest BCUT2D eigenvalue weighted by atomic mass is 35.5. The highest BCUT2D eigenvalue weighted by Gasteiger charge is 2.27. The summed E-state index contributed by atoms with van der Waals surface area (Å²) < 4.78 is 16.4. The number of hydrogen-bond acceptors (Lipinski definition) is 10. The first-order valence-electron chi connectivity index (χ1n) is 12.1. The van der Waals surface area contributed by atoms with Gasteiger partial charge in [0.1, 0.15) is 15.6 Å². The zero-order valence-corrected chi connectivity index (χ0v) is 24.2. The summed E-state index contributed by atoms with van der Waals surface area (Å²) in [7, 11) is 0. The Labute approximate surface area is 243 Å². The highest BCUT2D eigenvalue weighted by Crippen LogP contribution is 2.34. The van der Waals surface area contributed by atoms with Crippen LogP contribution in [-0.2, 0) is 16.1 Å². The molecule has 0 aliphatic carbocycles. The molecule has 2 aromatic heterocycles. The number of ether oxygens (including phenoxy) is 2. The summed E-state index contributed by atoms with van der Waals surface area (Å²) >= 11 is 7.98. The lowest BCUT2D eigenvalue weighted by atomic mass is 10.1. The lowest BCUT2D eigenvalue weighted by molar-refractivity contribution is -0.113. The summed E-state index contributed by atoms with van der Waals surface area (Å²) in [6.07, 6.45) is 0. The van der Waals surface area contributed by atoms with E-state index in [0.29, 0.717) is 22.0 Å². The molecule has 40 heavy (non-hydrogen) atoms. The highest BCUT2D eigenvalue weighted by molar-refractivity contribution is 7.99. The molecule has 2 amide bonds. The number of aryl methyl sites for hydroxylation is 1. The molecule has 0 fully saturated rings. The maximum atomic E-state index is 13.2. The van der Waals surface area contributed by atoms with E-state index < -0.39 is 17.8 Å². The second kappa shape index (κ2) is 13.5. The van der Waals surface area contributed by atoms with Crippen molar-refractivity contribution in [3.8, 4) is 5.75 Å². The predicted octanol–water partition coefficient (Wildman–Crippen LogP) is 6.14. The predicted molar refractivity (Wildman–Crippen MR) is 154 cm³/mol. The summed E-state index contributed by atoms with van der Waals surface area (Å²) in [4.78, 5) is 38.7. The van der Waals surface area contributed by atoms with Crippen LogP contribution in [0.5, 0.6) is 5.75 Å². The van der Waals surface area contributed by atoms with Crippen molar-refractivity contribution in [2.24, 2.45) is 0 Å². The SMILES string of the molecule is CCOC(=O)c1sc(NC(=O)CSc2nnc(COc3ccc(Cl)cc3C)o2)c(C(=O)Nc2ccccc2)c1C. The number of esters is 1. The van der Waals surface area contributed by atoms with Crippen molar-refractivity contribution >= 4 is 63.2 Å². The number of carbonyl (C=O) groups excluding carboxylic acids is 3. The van der Waals surface area contributed by atoms with E-state index in [2.05, 4.69) is 20.8 Å². The van der Waals surface area contributed by atoms with E-state index in [0.717, 1.165) is 28.7 Å². The molecule has 2 N–H and O–H groups in total. The summed E-state index contributed by atoms with van der Waals surface area (Å²) in [5.74, 6) is -0.659. The molecular weight excluding hydrogens is 576 g/mol. The number of amides is 2. The lowest BCUT2D eigenvalue weighted by Crippen LogP contribution is -2.18. The summed E-state index contributed by atoms with van der Waals surface area (Å²) in [5.41, 5.74) is 2.04. The maximum Gasteiger partial charge on any atom is 0.348 e. The number of thioether (sulfide) groups is 1. The molecular formula is C27H25ClN4O6S2. The summed E-state index contributed by atoms with van der Waals surface area (Å²) in [6.45, 7) is 5.43. The molecule has 208 valence electrons. The van der Waals surface area contributed by atoms with Crippen LogP contribution < -0.4 is 15.4 Å². The standard InChI is InChI=1S/C27H25ClN4O6S2/c1-4-36-26(35)23-16(3)22(24(34)29-18-8-6-5-7-9-18)25(40-23)30-20(33)14-39-27-32-31-21(38-27)13-37-19-11-10-17(28)12-15(19)2/h5-12H,4,13-14H2,1-3H3,(H,29,34)(H,30,33). The van der Waals surface area contributed by atoms with Crippen molar-refractivity contribution in [2.75, 3.05) is 23.0 Å². The third-order valence-corrected chi connectivity index (χ3v) is 7.62. The Morgan fingerprint density at radius 2 is 1.85 bits per heavy atom. The minimum Gasteiger partial charge on any atom is -0.484 e. The number of nitrogens with zero attached hydrogens (tertiary/aromatic N) is 2. The second-order valence-corrected chi connectivity index (χ2v) is 10.7. The van der Waals surface area contributed by atoms with Crippen LogP contribution in [0, 0.1) is 13.8 Å². The number of aromatic nitrogens is 2. The third-order valence-electron chi connectivity index (χ3n) is 5.38. The minimum atomic E-state index is -0.567. The molecule has 0 spiro atoms. The molecule has 0 radical (unpaired) electrons. The smallest absolute Gasteiger partial charge is 0.348 e. The van der Waals surface area contributed by atoms with Crippen molar-refractivity contribution in [1.82, 2.24) is 10.2 Å². The first-order chi connectivity index (χ1) is 19.2. The number of benzene rings is 2. The van der Waals surface area contributed by atoms with Gasteiger partial charge in [-0.05, 0) is 62.2 Å². The fourth-order valence-electron chi connectivity index (χ4n) is 3.54. The molecule has 0 atom stereocenters. The Balaban J connectivity index is 1.41. The number of carbonyl (C=O) groups is 3. The largest absolute Gasteiger partial charge is 0.484 e. The number of thiophene rings is 1. The van der Waals surface area contributed by atoms with E-state index in [1.54, 1.807) is 56.3 Å². The van der Waals surface area contributed by atoms with Crippen LogP contribution in [0.1, 0.15) is 44.0 Å². The molecule has 4 rings (SSSR count). The molecule has 10 nitrogen and oxygen atoms in total. The van der Waals surface area contributed by atoms with Crippen molar-refractivity contribution in [2.45, 2.75) is 32.6 Å². The number of para-hydroxylation sites is 1. The van der Waals surface area contributed by atoms with Crippen LogP contribution in [0.3, 0.4) is 0 Å². The van der Waals surface area contributed by atoms with Gasteiger partial charge in [0, 0.05) is 10.7 Å². The number of anilines is 2. The van der Waals surface area contributed by atoms with Gasteiger partial charge in [0.15, 0.2) is 6.61 Å². The first kappa shape index (κ1) is 29.1. The number of rotatable bonds is 11. The fourth-order valence-corrected chi connectivity index (χ4v) is 5.46. The lowest BCUT2D eigenvalue weighted by Gasteiger charge is -2.08. The van der Waals surface area contributed by atoms with Gasteiger partial charge in [0.2, 0.25) is 5.91 Å². The van der Waals surface area contributed by atoms with E-state index in [-0.39, 0.29) is 45.5 Å². The Kier molecular flexibility index (Phi) is 9.80. The first-order valence-corrected chi connectivity index (χ1v) is 14.2. The van der Waals surface area contributed by atoms with Gasteiger partial charge in [-0.25, -0.2) is 4.79 Å².